The summed E-state index contributed by atoms with van der Waals surface area (Å²) in [5.41, 5.74) is 2.52. The minimum absolute atomic E-state index is 0. The van der Waals surface area contributed by atoms with E-state index >= 15 is 0 Å². The lowest BCUT2D eigenvalue weighted by Crippen LogP contribution is -2.48. The van der Waals surface area contributed by atoms with E-state index in [2.05, 4.69) is 20.6 Å². The molecule has 1 aromatic carbocycles. The summed E-state index contributed by atoms with van der Waals surface area (Å²) >= 11 is 0. The maximum absolute atomic E-state index is 12.1. The maximum atomic E-state index is 12.1. The average molecular weight is 317 g/mol. The summed E-state index contributed by atoms with van der Waals surface area (Å²) in [6.45, 7) is 3.84. The van der Waals surface area contributed by atoms with Crippen molar-refractivity contribution in [2.75, 3.05) is 18.4 Å². The van der Waals surface area contributed by atoms with E-state index in [1.54, 1.807) is 6.33 Å². The second kappa shape index (κ2) is 6.92. The van der Waals surface area contributed by atoms with E-state index in [0.29, 0.717) is 5.92 Å². The molecule has 2 aromatic rings. The molecule has 1 unspecified atom stereocenters. The zero-order valence-corrected chi connectivity index (χ0v) is 12.7. The lowest BCUT2D eigenvalue weighted by atomic mass is 9.88. The van der Waals surface area contributed by atoms with Crippen LogP contribution in [0.15, 0.2) is 24.5 Å². The quantitative estimate of drug-likeness (QED) is 0.813. The smallest absolute Gasteiger partial charge is 0.227 e. The number of H-pyrrole nitrogens is 1. The maximum Gasteiger partial charge on any atom is 0.227 e. The summed E-state index contributed by atoms with van der Waals surface area (Å²) in [6.07, 6.45) is 1.64. The van der Waals surface area contributed by atoms with Crippen LogP contribution in [0, 0.1) is 11.8 Å². The number of aromatic nitrogens is 2. The van der Waals surface area contributed by atoms with Crippen molar-refractivity contribution in [3.05, 3.63) is 24.5 Å². The van der Waals surface area contributed by atoms with Gasteiger partial charge >= 0.3 is 0 Å². The van der Waals surface area contributed by atoms with Crippen molar-refractivity contribution >= 4 is 47.4 Å². The molecule has 1 aliphatic heterocycles. The molecule has 0 bridgehead atoms. The molecule has 110 valence electrons. The van der Waals surface area contributed by atoms with Gasteiger partial charge in [0.05, 0.1) is 17.5 Å². The first-order valence-electron chi connectivity index (χ1n) is 6.19. The molecule has 7 heteroatoms. The Bertz CT molecular complexity index is 583. The minimum Gasteiger partial charge on any atom is -0.345 e. The molecule has 1 amide bonds. The second-order valence-electron chi connectivity index (χ2n) is 4.80. The fourth-order valence-corrected chi connectivity index (χ4v) is 2.19. The number of anilines is 1. The van der Waals surface area contributed by atoms with Crippen LogP contribution in [0.3, 0.4) is 0 Å². The summed E-state index contributed by atoms with van der Waals surface area (Å²) in [7, 11) is 0. The van der Waals surface area contributed by atoms with Gasteiger partial charge in [0.15, 0.2) is 0 Å². The summed E-state index contributed by atoms with van der Waals surface area (Å²) in [5.74, 6) is 0.542. The molecule has 3 N–H and O–H groups in total. The van der Waals surface area contributed by atoms with E-state index in [4.69, 9.17) is 0 Å². The van der Waals surface area contributed by atoms with E-state index in [1.807, 2.05) is 25.1 Å². The fourth-order valence-electron chi connectivity index (χ4n) is 2.19. The largest absolute Gasteiger partial charge is 0.345 e. The number of rotatable bonds is 3. The highest BCUT2D eigenvalue weighted by atomic mass is 35.5. The zero-order chi connectivity index (χ0) is 12.5. The molecule has 0 radical (unpaired) electrons. The van der Waals surface area contributed by atoms with Crippen molar-refractivity contribution in [2.24, 2.45) is 11.8 Å². The molecule has 1 saturated heterocycles. The summed E-state index contributed by atoms with van der Waals surface area (Å²) < 4.78 is 0. The van der Waals surface area contributed by atoms with Gasteiger partial charge in [-0.15, -0.1) is 24.8 Å². The third kappa shape index (κ3) is 3.06. The number of amides is 1. The molecule has 2 heterocycles. The number of para-hydroxylation sites is 1. The molecule has 1 aromatic heterocycles. The Morgan fingerprint density at radius 2 is 2.15 bits per heavy atom. The number of hydrogen-bond acceptors (Lipinski definition) is 3. The number of hydrogen-bond donors (Lipinski definition) is 3. The number of fused-ring (bicyclic) bond motifs is 1. The number of halogens is 2. The SMILES string of the molecule is CC(C(=O)Nc1cccc2[nH]cnc12)C1CNC1.Cl.Cl. The predicted molar refractivity (Wildman–Crippen MR) is 84.7 cm³/mol. The Morgan fingerprint density at radius 3 is 2.80 bits per heavy atom. The molecule has 5 nitrogen and oxygen atoms in total. The van der Waals surface area contributed by atoms with E-state index in [9.17, 15) is 4.79 Å². The van der Waals surface area contributed by atoms with Gasteiger partial charge in [-0.25, -0.2) is 4.98 Å². The fraction of sp³-hybridized carbons (Fsp3) is 0.385. The van der Waals surface area contributed by atoms with Gasteiger partial charge in [-0.1, -0.05) is 13.0 Å². The van der Waals surface area contributed by atoms with Crippen LogP contribution in [0.4, 0.5) is 5.69 Å². The van der Waals surface area contributed by atoms with Gasteiger partial charge in [0.25, 0.3) is 0 Å². The molecule has 1 aliphatic rings. The standard InChI is InChI=1S/C13H16N4O.2ClH/c1-8(9-5-14-6-9)13(18)17-11-4-2-3-10-12(11)16-7-15-10;;/h2-4,7-9,14H,5-6H2,1H3,(H,15,16)(H,17,18);2*1H. The second-order valence-corrected chi connectivity index (χ2v) is 4.80. The van der Waals surface area contributed by atoms with Crippen LogP contribution in [-0.4, -0.2) is 29.0 Å². The number of carbonyl (C=O) groups is 1. The van der Waals surface area contributed by atoms with Crippen molar-refractivity contribution in [1.82, 2.24) is 15.3 Å². The average Bonchev–Trinajstić information content (AvgIpc) is 2.75. The van der Waals surface area contributed by atoms with Gasteiger partial charge in [-0.3, -0.25) is 4.79 Å². The van der Waals surface area contributed by atoms with Gasteiger partial charge in [0.2, 0.25) is 5.91 Å². The van der Waals surface area contributed by atoms with E-state index < -0.39 is 0 Å². The minimum atomic E-state index is 0. The predicted octanol–water partition coefficient (Wildman–Crippen LogP) is 2.20. The molecule has 1 atom stereocenters. The first-order chi connectivity index (χ1) is 8.75. The topological polar surface area (TPSA) is 69.8 Å². The summed E-state index contributed by atoms with van der Waals surface area (Å²) in [6, 6.07) is 5.73. The number of aromatic amines is 1. The molecule has 1 fully saturated rings. The summed E-state index contributed by atoms with van der Waals surface area (Å²) in [5, 5.41) is 6.16. The molecular formula is C13H18Cl2N4O. The van der Waals surface area contributed by atoms with Gasteiger partial charge in [0.1, 0.15) is 5.52 Å². The van der Waals surface area contributed by atoms with Crippen LogP contribution in [0.1, 0.15) is 6.92 Å². The Labute approximate surface area is 129 Å². The third-order valence-electron chi connectivity index (χ3n) is 3.64. The van der Waals surface area contributed by atoms with Crippen molar-refractivity contribution in [1.29, 1.82) is 0 Å². The van der Waals surface area contributed by atoms with E-state index in [-0.39, 0.29) is 36.6 Å². The van der Waals surface area contributed by atoms with Crippen LogP contribution in [-0.2, 0) is 4.79 Å². The number of carbonyl (C=O) groups excluding carboxylic acids is 1. The van der Waals surface area contributed by atoms with Gasteiger partial charge in [-0.2, -0.15) is 0 Å². The van der Waals surface area contributed by atoms with Crippen LogP contribution in [0.2, 0.25) is 0 Å². The number of nitrogens with one attached hydrogen (secondary N) is 3. The van der Waals surface area contributed by atoms with Crippen molar-refractivity contribution in [3.8, 4) is 0 Å². The zero-order valence-electron chi connectivity index (χ0n) is 11.1. The number of nitrogens with zero attached hydrogens (tertiary/aromatic N) is 1. The highest BCUT2D eigenvalue weighted by molar-refractivity contribution is 6.00. The molecule has 20 heavy (non-hydrogen) atoms. The molecule has 3 rings (SSSR count). The molecule has 0 spiro atoms. The number of imidazole rings is 1. The Morgan fingerprint density at radius 1 is 1.40 bits per heavy atom. The van der Waals surface area contributed by atoms with Crippen LogP contribution in [0.5, 0.6) is 0 Å². The van der Waals surface area contributed by atoms with Gasteiger partial charge < -0.3 is 15.6 Å². The van der Waals surface area contributed by atoms with Crippen molar-refractivity contribution in [2.45, 2.75) is 6.92 Å². The van der Waals surface area contributed by atoms with E-state index in [0.717, 1.165) is 29.8 Å². The highest BCUT2D eigenvalue weighted by Gasteiger charge is 2.28. The van der Waals surface area contributed by atoms with Gasteiger partial charge in [0, 0.05) is 5.92 Å². The van der Waals surface area contributed by atoms with Crippen LogP contribution >= 0.6 is 24.8 Å². The van der Waals surface area contributed by atoms with E-state index in [1.165, 1.54) is 0 Å². The van der Waals surface area contributed by atoms with Gasteiger partial charge in [-0.05, 0) is 31.1 Å². The van der Waals surface area contributed by atoms with Crippen molar-refractivity contribution < 1.29 is 4.79 Å². The first kappa shape index (κ1) is 16.8. The first-order valence-corrected chi connectivity index (χ1v) is 6.19. The Hall–Kier alpha value is -1.30. The lowest BCUT2D eigenvalue weighted by Gasteiger charge is -2.31. The van der Waals surface area contributed by atoms with Crippen LogP contribution in [0.25, 0.3) is 11.0 Å². The highest BCUT2D eigenvalue weighted by Crippen LogP contribution is 2.22. The van der Waals surface area contributed by atoms with Crippen molar-refractivity contribution in [3.63, 3.8) is 0 Å². The number of benzene rings is 1. The normalized spacial score (nSPS) is 15.7. The molecular weight excluding hydrogens is 299 g/mol. The monoisotopic (exact) mass is 316 g/mol. The molecule has 0 aliphatic carbocycles. The third-order valence-corrected chi connectivity index (χ3v) is 3.64. The Kier molecular flexibility index (Phi) is 5.80. The summed E-state index contributed by atoms with van der Waals surface area (Å²) in [4.78, 5) is 19.4. The molecule has 0 saturated carbocycles. The Balaban J connectivity index is 0.000001000. The lowest BCUT2D eigenvalue weighted by molar-refractivity contribution is -0.121. The van der Waals surface area contributed by atoms with Crippen LogP contribution < -0.4 is 10.6 Å².